The lowest BCUT2D eigenvalue weighted by molar-refractivity contribution is 0.241. The molecule has 0 radical (unpaired) electrons. The molecule has 0 spiro atoms. The minimum atomic E-state index is 0.433. The van der Waals surface area contributed by atoms with Gasteiger partial charge in [-0.25, -0.2) is 4.99 Å². The third-order valence-electron chi connectivity index (χ3n) is 3.05. The molecule has 0 aliphatic heterocycles. The molecule has 1 atom stereocenters. The van der Waals surface area contributed by atoms with Crippen molar-refractivity contribution in [2.75, 3.05) is 20.1 Å². The van der Waals surface area contributed by atoms with Gasteiger partial charge in [-0.15, -0.1) is 0 Å². The third kappa shape index (κ3) is 3.97. The lowest BCUT2D eigenvalue weighted by atomic mass is 10.0. The zero-order valence-corrected chi connectivity index (χ0v) is 11.5. The van der Waals surface area contributed by atoms with Gasteiger partial charge < -0.3 is 5.32 Å². The summed E-state index contributed by atoms with van der Waals surface area (Å²) in [5.41, 5.74) is 1.34. The molecule has 0 saturated carbocycles. The molecule has 0 heterocycles. The van der Waals surface area contributed by atoms with Gasteiger partial charge in [0.2, 0.25) is 0 Å². The fourth-order valence-corrected chi connectivity index (χ4v) is 2.14. The predicted molar refractivity (Wildman–Crippen MR) is 72.9 cm³/mol. The Morgan fingerprint density at radius 1 is 1.38 bits per heavy atom. The fourth-order valence-electron chi connectivity index (χ4n) is 2.14. The van der Waals surface area contributed by atoms with Crippen LogP contribution in [-0.4, -0.2) is 37.8 Å². The Morgan fingerprint density at radius 3 is 2.31 bits per heavy atom. The normalized spacial score (nSPS) is 14.6. The summed E-state index contributed by atoms with van der Waals surface area (Å²) in [6, 6.07) is 0.433. The van der Waals surface area contributed by atoms with E-state index >= 15 is 0 Å². The summed E-state index contributed by atoms with van der Waals surface area (Å²) in [7, 11) is 1.91. The highest BCUT2D eigenvalue weighted by Crippen LogP contribution is 2.17. The molecule has 3 heteroatoms. The maximum absolute atomic E-state index is 4.07. The van der Waals surface area contributed by atoms with Gasteiger partial charge in [0.1, 0.15) is 5.82 Å². The first kappa shape index (κ1) is 15.2. The molecule has 1 N–H and O–H groups in total. The molecule has 94 valence electrons. The number of aliphatic imine (C=N–C) groups is 1. The zero-order chi connectivity index (χ0) is 12.6. The van der Waals surface area contributed by atoms with Crippen molar-refractivity contribution in [1.82, 2.24) is 10.2 Å². The molecular weight excluding hydrogens is 198 g/mol. The Labute approximate surface area is 101 Å². The van der Waals surface area contributed by atoms with E-state index in [9.17, 15) is 0 Å². The van der Waals surface area contributed by atoms with E-state index in [-0.39, 0.29) is 0 Å². The molecule has 0 aliphatic carbocycles. The standard InChI is InChI=1S/C13H27N3/c1-7-10-16(9-3)11(4)12(8-2)13(14-5)15-6/h11,15H,5,7-10H2,1-4,6H3/b13-12-. The molecule has 0 aromatic carbocycles. The second kappa shape index (κ2) is 8.34. The smallest absolute Gasteiger partial charge is 0.125 e. The van der Waals surface area contributed by atoms with E-state index in [2.05, 4.69) is 49.6 Å². The van der Waals surface area contributed by atoms with Crippen molar-refractivity contribution in [2.24, 2.45) is 4.99 Å². The van der Waals surface area contributed by atoms with Crippen LogP contribution in [0.2, 0.25) is 0 Å². The van der Waals surface area contributed by atoms with Crippen LogP contribution in [0.25, 0.3) is 0 Å². The van der Waals surface area contributed by atoms with Crippen molar-refractivity contribution >= 4 is 6.72 Å². The van der Waals surface area contributed by atoms with Crippen LogP contribution in [0.5, 0.6) is 0 Å². The van der Waals surface area contributed by atoms with E-state index in [0.29, 0.717) is 6.04 Å². The van der Waals surface area contributed by atoms with Crippen LogP contribution in [0.4, 0.5) is 0 Å². The minimum absolute atomic E-state index is 0.433. The van der Waals surface area contributed by atoms with E-state index in [1.807, 2.05) is 7.05 Å². The molecule has 16 heavy (non-hydrogen) atoms. The van der Waals surface area contributed by atoms with Crippen molar-refractivity contribution in [2.45, 2.75) is 46.6 Å². The van der Waals surface area contributed by atoms with Gasteiger partial charge >= 0.3 is 0 Å². The van der Waals surface area contributed by atoms with Crippen LogP contribution in [0, 0.1) is 0 Å². The lowest BCUT2D eigenvalue weighted by Crippen LogP contribution is -2.36. The van der Waals surface area contributed by atoms with Crippen LogP contribution < -0.4 is 5.32 Å². The fraction of sp³-hybridized carbons (Fsp3) is 0.769. The summed E-state index contributed by atoms with van der Waals surface area (Å²) in [4.78, 5) is 6.54. The van der Waals surface area contributed by atoms with Gasteiger partial charge in [-0.05, 0) is 45.1 Å². The summed E-state index contributed by atoms with van der Waals surface area (Å²) in [5.74, 6) is 0.935. The monoisotopic (exact) mass is 225 g/mol. The summed E-state index contributed by atoms with van der Waals surface area (Å²) in [5, 5.41) is 3.13. The molecule has 0 aliphatic rings. The van der Waals surface area contributed by atoms with Gasteiger partial charge in [0.25, 0.3) is 0 Å². The number of rotatable bonds is 8. The molecule has 0 amide bonds. The van der Waals surface area contributed by atoms with Crippen molar-refractivity contribution < 1.29 is 0 Å². The van der Waals surface area contributed by atoms with Crippen molar-refractivity contribution in [3.63, 3.8) is 0 Å². The highest BCUT2D eigenvalue weighted by atomic mass is 15.1. The van der Waals surface area contributed by atoms with Gasteiger partial charge in [0.15, 0.2) is 0 Å². The Bertz CT molecular complexity index is 233. The maximum atomic E-state index is 4.07. The van der Waals surface area contributed by atoms with Gasteiger partial charge in [0, 0.05) is 13.1 Å². The first-order valence-corrected chi connectivity index (χ1v) is 6.27. The van der Waals surface area contributed by atoms with Crippen molar-refractivity contribution in [3.05, 3.63) is 11.4 Å². The quantitative estimate of drug-likeness (QED) is 0.643. The summed E-state index contributed by atoms with van der Waals surface area (Å²) < 4.78 is 0. The largest absolute Gasteiger partial charge is 0.373 e. The Balaban J connectivity index is 4.93. The van der Waals surface area contributed by atoms with Gasteiger partial charge in [-0.1, -0.05) is 20.8 Å². The third-order valence-corrected chi connectivity index (χ3v) is 3.05. The maximum Gasteiger partial charge on any atom is 0.125 e. The summed E-state index contributed by atoms with van der Waals surface area (Å²) >= 11 is 0. The topological polar surface area (TPSA) is 27.6 Å². The van der Waals surface area contributed by atoms with Gasteiger partial charge in [-0.2, -0.15) is 0 Å². The summed E-state index contributed by atoms with van der Waals surface area (Å²) in [6.07, 6.45) is 2.20. The summed E-state index contributed by atoms with van der Waals surface area (Å²) in [6.45, 7) is 14.7. The lowest BCUT2D eigenvalue weighted by Gasteiger charge is -2.30. The molecule has 0 saturated heterocycles. The average molecular weight is 225 g/mol. The molecule has 0 aromatic heterocycles. The van der Waals surface area contributed by atoms with Crippen LogP contribution >= 0.6 is 0 Å². The average Bonchev–Trinajstić information content (AvgIpc) is 2.31. The van der Waals surface area contributed by atoms with Gasteiger partial charge in [0.05, 0.1) is 0 Å². The van der Waals surface area contributed by atoms with E-state index in [0.717, 1.165) is 25.3 Å². The van der Waals surface area contributed by atoms with Crippen LogP contribution in [0.15, 0.2) is 16.4 Å². The first-order valence-electron chi connectivity index (χ1n) is 6.27. The van der Waals surface area contributed by atoms with Gasteiger partial charge in [-0.3, -0.25) is 4.90 Å². The number of nitrogens with one attached hydrogen (secondary N) is 1. The molecule has 3 nitrogen and oxygen atoms in total. The van der Waals surface area contributed by atoms with Crippen LogP contribution in [0.1, 0.15) is 40.5 Å². The molecular formula is C13H27N3. The minimum Gasteiger partial charge on any atom is -0.373 e. The molecule has 0 aromatic rings. The number of hydrogen-bond acceptors (Lipinski definition) is 3. The molecule has 0 rings (SSSR count). The number of hydrogen-bond donors (Lipinski definition) is 1. The Hall–Kier alpha value is -0.830. The first-order chi connectivity index (χ1) is 7.65. The number of nitrogens with zero attached hydrogens (tertiary/aromatic N) is 2. The second-order valence-electron chi connectivity index (χ2n) is 3.94. The van der Waals surface area contributed by atoms with Crippen molar-refractivity contribution in [1.29, 1.82) is 0 Å². The predicted octanol–water partition coefficient (Wildman–Crippen LogP) is 2.65. The van der Waals surface area contributed by atoms with E-state index in [4.69, 9.17) is 0 Å². The van der Waals surface area contributed by atoms with E-state index in [1.165, 1.54) is 12.0 Å². The Kier molecular flexibility index (Phi) is 7.90. The molecule has 1 unspecified atom stereocenters. The van der Waals surface area contributed by atoms with Crippen LogP contribution in [0.3, 0.4) is 0 Å². The SMILES string of the molecule is C=N/C(NC)=C(\CC)C(C)N(CC)CCC. The van der Waals surface area contributed by atoms with E-state index < -0.39 is 0 Å². The number of likely N-dealkylation sites (N-methyl/N-ethyl adjacent to an activating group) is 1. The van der Waals surface area contributed by atoms with Crippen LogP contribution in [-0.2, 0) is 0 Å². The highest BCUT2D eigenvalue weighted by Gasteiger charge is 2.17. The highest BCUT2D eigenvalue weighted by molar-refractivity contribution is 5.31. The molecule has 0 bridgehead atoms. The zero-order valence-electron chi connectivity index (χ0n) is 11.5. The van der Waals surface area contributed by atoms with E-state index in [1.54, 1.807) is 0 Å². The Morgan fingerprint density at radius 2 is 2.00 bits per heavy atom. The second-order valence-corrected chi connectivity index (χ2v) is 3.94. The van der Waals surface area contributed by atoms with Crippen molar-refractivity contribution in [3.8, 4) is 0 Å². The molecule has 0 fully saturated rings.